The molecular weight excluding hydrogens is 294 g/mol. The maximum Gasteiger partial charge on any atom is 0.319 e. The fourth-order valence-electron chi connectivity index (χ4n) is 2.10. The Morgan fingerprint density at radius 1 is 1.43 bits per heavy atom. The lowest BCUT2D eigenvalue weighted by Crippen LogP contribution is -2.30. The van der Waals surface area contributed by atoms with E-state index in [1.54, 1.807) is 29.1 Å². The van der Waals surface area contributed by atoms with Gasteiger partial charge in [-0.05, 0) is 31.2 Å². The fourth-order valence-corrected chi connectivity index (χ4v) is 2.10. The average molecular weight is 313 g/mol. The third kappa shape index (κ3) is 4.48. The number of nitrogens with one attached hydrogen (secondary N) is 2. The van der Waals surface area contributed by atoms with Crippen LogP contribution < -0.4 is 15.4 Å². The number of nitrogens with zero attached hydrogens (tertiary/aromatic N) is 3. The van der Waals surface area contributed by atoms with Crippen LogP contribution in [-0.2, 0) is 13.5 Å². The SMILES string of the molecule is CCOc1ccc(NC(=O)NCCc2ccnn2C)cc1C#N. The van der Waals surface area contributed by atoms with Gasteiger partial charge in [0, 0.05) is 37.6 Å². The van der Waals surface area contributed by atoms with E-state index in [-0.39, 0.29) is 6.03 Å². The van der Waals surface area contributed by atoms with Crippen molar-refractivity contribution in [3.05, 3.63) is 41.7 Å². The molecule has 1 heterocycles. The largest absolute Gasteiger partial charge is 0.492 e. The van der Waals surface area contributed by atoms with Gasteiger partial charge in [-0.2, -0.15) is 10.4 Å². The summed E-state index contributed by atoms with van der Waals surface area (Å²) < 4.78 is 7.12. The van der Waals surface area contributed by atoms with Crippen molar-refractivity contribution in [1.29, 1.82) is 5.26 Å². The van der Waals surface area contributed by atoms with Crippen LogP contribution in [0.3, 0.4) is 0 Å². The van der Waals surface area contributed by atoms with Crippen LogP contribution in [0, 0.1) is 11.3 Å². The second-order valence-electron chi connectivity index (χ2n) is 4.83. The number of ether oxygens (including phenoxy) is 1. The predicted molar refractivity (Wildman–Crippen MR) is 86.3 cm³/mol. The summed E-state index contributed by atoms with van der Waals surface area (Å²) in [6.07, 6.45) is 2.41. The van der Waals surface area contributed by atoms with Crippen LogP contribution in [0.15, 0.2) is 30.5 Å². The molecule has 7 nitrogen and oxygen atoms in total. The minimum atomic E-state index is -0.319. The first kappa shape index (κ1) is 16.4. The molecule has 0 aliphatic carbocycles. The van der Waals surface area contributed by atoms with Gasteiger partial charge < -0.3 is 15.4 Å². The fraction of sp³-hybridized carbons (Fsp3) is 0.312. The highest BCUT2D eigenvalue weighted by molar-refractivity contribution is 5.89. The minimum Gasteiger partial charge on any atom is -0.492 e. The molecule has 1 aromatic heterocycles. The number of benzene rings is 1. The zero-order valence-electron chi connectivity index (χ0n) is 13.2. The molecule has 0 saturated carbocycles. The second kappa shape index (κ2) is 7.84. The number of rotatable bonds is 6. The van der Waals surface area contributed by atoms with E-state index in [9.17, 15) is 4.79 Å². The van der Waals surface area contributed by atoms with Gasteiger partial charge in [-0.1, -0.05) is 0 Å². The van der Waals surface area contributed by atoms with Gasteiger partial charge in [0.2, 0.25) is 0 Å². The highest BCUT2D eigenvalue weighted by Crippen LogP contribution is 2.22. The lowest BCUT2D eigenvalue weighted by Gasteiger charge is -2.10. The van der Waals surface area contributed by atoms with Crippen molar-refractivity contribution in [2.45, 2.75) is 13.3 Å². The standard InChI is InChI=1S/C16H19N5O2/c1-3-23-15-5-4-13(10-12(15)11-17)20-16(22)18-8-6-14-7-9-19-21(14)2/h4-5,7,9-10H,3,6,8H2,1-2H3,(H2,18,20,22). The summed E-state index contributed by atoms with van der Waals surface area (Å²) in [5, 5.41) is 18.7. The van der Waals surface area contributed by atoms with Crippen molar-refractivity contribution in [2.24, 2.45) is 7.05 Å². The molecule has 0 bridgehead atoms. The molecule has 2 amide bonds. The van der Waals surface area contributed by atoms with E-state index in [1.165, 1.54) is 0 Å². The Morgan fingerprint density at radius 3 is 2.91 bits per heavy atom. The summed E-state index contributed by atoms with van der Waals surface area (Å²) in [5.74, 6) is 0.511. The smallest absolute Gasteiger partial charge is 0.319 e. The molecule has 0 aliphatic rings. The van der Waals surface area contributed by atoms with E-state index in [4.69, 9.17) is 10.00 Å². The molecule has 7 heteroatoms. The molecule has 120 valence electrons. The summed E-state index contributed by atoms with van der Waals surface area (Å²) >= 11 is 0. The normalized spacial score (nSPS) is 9.96. The molecule has 0 saturated heterocycles. The highest BCUT2D eigenvalue weighted by Gasteiger charge is 2.07. The molecule has 0 fully saturated rings. The number of urea groups is 1. The summed E-state index contributed by atoms with van der Waals surface area (Å²) in [5.41, 5.74) is 1.97. The van der Waals surface area contributed by atoms with E-state index in [1.807, 2.05) is 20.0 Å². The van der Waals surface area contributed by atoms with Crippen LogP contribution in [0.5, 0.6) is 5.75 Å². The monoisotopic (exact) mass is 313 g/mol. The van der Waals surface area contributed by atoms with E-state index in [2.05, 4.69) is 21.8 Å². The summed E-state index contributed by atoms with van der Waals surface area (Å²) in [7, 11) is 1.86. The number of carbonyl (C=O) groups excluding carboxylic acids is 1. The van der Waals surface area contributed by atoms with Crippen LogP contribution in [0.4, 0.5) is 10.5 Å². The maximum absolute atomic E-state index is 11.9. The lowest BCUT2D eigenvalue weighted by molar-refractivity contribution is 0.252. The first-order chi connectivity index (χ1) is 11.1. The Bertz CT molecular complexity index is 718. The van der Waals surface area contributed by atoms with Gasteiger partial charge in [0.05, 0.1) is 12.2 Å². The third-order valence-electron chi connectivity index (χ3n) is 3.25. The van der Waals surface area contributed by atoms with Crippen molar-refractivity contribution in [3.63, 3.8) is 0 Å². The number of aryl methyl sites for hydroxylation is 1. The predicted octanol–water partition coefficient (Wildman–Crippen LogP) is 2.05. The van der Waals surface area contributed by atoms with E-state index in [0.29, 0.717) is 36.6 Å². The first-order valence-corrected chi connectivity index (χ1v) is 7.32. The zero-order valence-corrected chi connectivity index (χ0v) is 13.2. The molecule has 2 N–H and O–H groups in total. The topological polar surface area (TPSA) is 92.0 Å². The summed E-state index contributed by atoms with van der Waals surface area (Å²) in [6.45, 7) is 2.83. The molecule has 23 heavy (non-hydrogen) atoms. The van der Waals surface area contributed by atoms with Crippen molar-refractivity contribution in [3.8, 4) is 11.8 Å². The second-order valence-corrected chi connectivity index (χ2v) is 4.83. The Labute approximate surface area is 134 Å². The summed E-state index contributed by atoms with van der Waals surface area (Å²) in [6, 6.07) is 8.61. The van der Waals surface area contributed by atoms with Gasteiger partial charge in [-0.3, -0.25) is 4.68 Å². The van der Waals surface area contributed by atoms with Crippen LogP contribution >= 0.6 is 0 Å². The van der Waals surface area contributed by atoms with Gasteiger partial charge in [0.15, 0.2) is 0 Å². The van der Waals surface area contributed by atoms with E-state index in [0.717, 1.165) is 5.69 Å². The number of amides is 2. The molecule has 2 aromatic rings. The van der Waals surface area contributed by atoms with E-state index < -0.39 is 0 Å². The number of hydrogen-bond acceptors (Lipinski definition) is 4. The zero-order chi connectivity index (χ0) is 16.7. The van der Waals surface area contributed by atoms with Gasteiger partial charge in [0.25, 0.3) is 0 Å². The van der Waals surface area contributed by atoms with Gasteiger partial charge >= 0.3 is 6.03 Å². The molecule has 0 atom stereocenters. The average Bonchev–Trinajstić information content (AvgIpc) is 2.94. The maximum atomic E-state index is 11.9. The van der Waals surface area contributed by atoms with Crippen LogP contribution in [0.25, 0.3) is 0 Å². The van der Waals surface area contributed by atoms with Gasteiger partial charge in [-0.15, -0.1) is 0 Å². The lowest BCUT2D eigenvalue weighted by atomic mass is 10.2. The quantitative estimate of drug-likeness (QED) is 0.854. The number of carbonyl (C=O) groups is 1. The van der Waals surface area contributed by atoms with Crippen LogP contribution in [0.1, 0.15) is 18.2 Å². The number of hydrogen-bond donors (Lipinski definition) is 2. The van der Waals surface area contributed by atoms with Crippen LogP contribution in [-0.4, -0.2) is 29.0 Å². The number of aromatic nitrogens is 2. The number of nitriles is 1. The highest BCUT2D eigenvalue weighted by atomic mass is 16.5. The van der Waals surface area contributed by atoms with Crippen molar-refractivity contribution < 1.29 is 9.53 Å². The van der Waals surface area contributed by atoms with Crippen molar-refractivity contribution >= 4 is 11.7 Å². The van der Waals surface area contributed by atoms with E-state index >= 15 is 0 Å². The Balaban J connectivity index is 1.87. The molecular formula is C16H19N5O2. The molecule has 0 spiro atoms. The minimum absolute atomic E-state index is 0.319. The van der Waals surface area contributed by atoms with Gasteiger partial charge in [0.1, 0.15) is 11.8 Å². The first-order valence-electron chi connectivity index (χ1n) is 7.32. The molecule has 0 aliphatic heterocycles. The van der Waals surface area contributed by atoms with Crippen molar-refractivity contribution in [1.82, 2.24) is 15.1 Å². The van der Waals surface area contributed by atoms with Gasteiger partial charge in [-0.25, -0.2) is 4.79 Å². The molecule has 2 rings (SSSR count). The number of anilines is 1. The summed E-state index contributed by atoms with van der Waals surface area (Å²) in [4.78, 5) is 11.9. The van der Waals surface area contributed by atoms with Crippen LogP contribution in [0.2, 0.25) is 0 Å². The Kier molecular flexibility index (Phi) is 5.58. The Hall–Kier alpha value is -3.01. The Morgan fingerprint density at radius 2 is 2.26 bits per heavy atom. The third-order valence-corrected chi connectivity index (χ3v) is 3.25. The van der Waals surface area contributed by atoms with Crippen molar-refractivity contribution in [2.75, 3.05) is 18.5 Å². The molecule has 1 aromatic carbocycles. The molecule has 0 unspecified atom stereocenters. The molecule has 0 radical (unpaired) electrons.